The van der Waals surface area contributed by atoms with Crippen molar-refractivity contribution in [1.29, 1.82) is 0 Å². The third kappa shape index (κ3) is 2.48. The lowest BCUT2D eigenvalue weighted by atomic mass is 10.2. The van der Waals surface area contributed by atoms with Crippen molar-refractivity contribution < 1.29 is 4.79 Å². The molecule has 0 unspecified atom stereocenters. The van der Waals surface area contributed by atoms with Crippen LogP contribution in [0.15, 0.2) is 42.5 Å². The average Bonchev–Trinajstić information content (AvgIpc) is 2.37. The van der Waals surface area contributed by atoms with Gasteiger partial charge in [-0.2, -0.15) is 0 Å². The molecule has 1 heterocycles. The summed E-state index contributed by atoms with van der Waals surface area (Å²) in [7, 11) is 1.72. The molecule has 4 nitrogen and oxygen atoms in total. The molecular formula is C14H15N3O. The summed E-state index contributed by atoms with van der Waals surface area (Å²) in [5.74, 6) is 0.173. The van der Waals surface area contributed by atoms with Crippen LogP contribution in [-0.4, -0.2) is 17.9 Å². The van der Waals surface area contributed by atoms with E-state index in [9.17, 15) is 4.79 Å². The summed E-state index contributed by atoms with van der Waals surface area (Å²) in [6.07, 6.45) is 0. The minimum absolute atomic E-state index is 0.173. The molecule has 0 bridgehead atoms. The zero-order valence-corrected chi connectivity index (χ0v) is 10.4. The van der Waals surface area contributed by atoms with Gasteiger partial charge in [0.2, 0.25) is 0 Å². The van der Waals surface area contributed by atoms with Gasteiger partial charge in [0.25, 0.3) is 5.91 Å². The zero-order valence-electron chi connectivity index (χ0n) is 10.4. The lowest BCUT2D eigenvalue weighted by Gasteiger charge is -2.17. The standard InChI is InChI=1S/C14H15N3O/c1-10-5-3-6-11(9-10)17(2)14(18)12-7-4-8-13(15)16-12/h3-9H,1-2H3,(H2,15,16). The number of anilines is 2. The maximum Gasteiger partial charge on any atom is 0.276 e. The molecule has 2 aromatic rings. The minimum atomic E-state index is -0.173. The van der Waals surface area contributed by atoms with E-state index in [0.29, 0.717) is 11.5 Å². The summed E-state index contributed by atoms with van der Waals surface area (Å²) in [6.45, 7) is 1.99. The number of hydrogen-bond donors (Lipinski definition) is 1. The highest BCUT2D eigenvalue weighted by Gasteiger charge is 2.14. The molecule has 0 fully saturated rings. The van der Waals surface area contributed by atoms with Gasteiger partial charge in [-0.1, -0.05) is 18.2 Å². The number of carbonyl (C=O) groups excluding carboxylic acids is 1. The molecule has 92 valence electrons. The monoisotopic (exact) mass is 241 g/mol. The van der Waals surface area contributed by atoms with Crippen molar-refractivity contribution in [2.24, 2.45) is 0 Å². The van der Waals surface area contributed by atoms with Crippen molar-refractivity contribution in [3.8, 4) is 0 Å². The number of hydrogen-bond acceptors (Lipinski definition) is 3. The Balaban J connectivity index is 2.29. The summed E-state index contributed by atoms with van der Waals surface area (Å²) in [5, 5.41) is 0. The SMILES string of the molecule is Cc1cccc(N(C)C(=O)c2cccc(N)n2)c1. The molecule has 0 spiro atoms. The van der Waals surface area contributed by atoms with Crippen LogP contribution in [0.2, 0.25) is 0 Å². The van der Waals surface area contributed by atoms with Gasteiger partial charge in [0.1, 0.15) is 11.5 Å². The summed E-state index contributed by atoms with van der Waals surface area (Å²) < 4.78 is 0. The number of nitrogens with two attached hydrogens (primary N) is 1. The van der Waals surface area contributed by atoms with Gasteiger partial charge in [0.05, 0.1) is 0 Å². The van der Waals surface area contributed by atoms with Gasteiger partial charge >= 0.3 is 0 Å². The van der Waals surface area contributed by atoms with Crippen LogP contribution in [0.4, 0.5) is 11.5 Å². The molecule has 0 aliphatic rings. The van der Waals surface area contributed by atoms with Crippen molar-refractivity contribution in [3.63, 3.8) is 0 Å². The van der Waals surface area contributed by atoms with E-state index < -0.39 is 0 Å². The highest BCUT2D eigenvalue weighted by atomic mass is 16.2. The first-order valence-corrected chi connectivity index (χ1v) is 5.65. The van der Waals surface area contributed by atoms with Crippen molar-refractivity contribution in [1.82, 2.24) is 4.98 Å². The molecule has 1 amide bonds. The maximum absolute atomic E-state index is 12.2. The second-order valence-corrected chi connectivity index (χ2v) is 4.15. The van der Waals surface area contributed by atoms with Gasteiger partial charge in [-0.25, -0.2) is 4.98 Å². The van der Waals surface area contributed by atoms with E-state index in [1.165, 1.54) is 0 Å². The van der Waals surface area contributed by atoms with E-state index in [0.717, 1.165) is 11.3 Å². The Hall–Kier alpha value is -2.36. The van der Waals surface area contributed by atoms with Crippen molar-refractivity contribution in [3.05, 3.63) is 53.7 Å². The van der Waals surface area contributed by atoms with E-state index in [1.54, 1.807) is 30.1 Å². The number of pyridine rings is 1. The quantitative estimate of drug-likeness (QED) is 0.877. The molecule has 0 saturated heterocycles. The summed E-state index contributed by atoms with van der Waals surface area (Å²) in [5.41, 5.74) is 7.87. The van der Waals surface area contributed by atoms with Crippen molar-refractivity contribution in [2.45, 2.75) is 6.92 Å². The van der Waals surface area contributed by atoms with Crippen LogP contribution >= 0.6 is 0 Å². The van der Waals surface area contributed by atoms with E-state index in [2.05, 4.69) is 4.98 Å². The number of rotatable bonds is 2. The Morgan fingerprint density at radius 2 is 1.94 bits per heavy atom. The molecule has 0 aliphatic heterocycles. The first kappa shape index (κ1) is 12.1. The predicted molar refractivity (Wildman–Crippen MR) is 72.6 cm³/mol. The third-order valence-corrected chi connectivity index (χ3v) is 2.68. The highest BCUT2D eigenvalue weighted by molar-refractivity contribution is 6.04. The fraction of sp³-hybridized carbons (Fsp3) is 0.143. The first-order chi connectivity index (χ1) is 8.58. The van der Waals surface area contributed by atoms with Gasteiger partial charge in [0, 0.05) is 12.7 Å². The Morgan fingerprint density at radius 1 is 1.22 bits per heavy atom. The van der Waals surface area contributed by atoms with Gasteiger partial charge in [-0.15, -0.1) is 0 Å². The Bertz CT molecular complexity index is 581. The summed E-state index contributed by atoms with van der Waals surface area (Å²) in [6, 6.07) is 12.8. The second kappa shape index (κ2) is 4.87. The van der Waals surface area contributed by atoms with E-state index in [-0.39, 0.29) is 5.91 Å². The van der Waals surface area contributed by atoms with Gasteiger partial charge < -0.3 is 10.6 Å². The smallest absolute Gasteiger partial charge is 0.276 e. The van der Waals surface area contributed by atoms with Crippen LogP contribution < -0.4 is 10.6 Å². The number of nitrogens with zero attached hydrogens (tertiary/aromatic N) is 2. The zero-order chi connectivity index (χ0) is 13.1. The normalized spacial score (nSPS) is 10.1. The lowest BCUT2D eigenvalue weighted by molar-refractivity contribution is 0.0988. The molecular weight excluding hydrogens is 226 g/mol. The Morgan fingerprint density at radius 3 is 2.61 bits per heavy atom. The van der Waals surface area contributed by atoms with Crippen LogP contribution in [0.25, 0.3) is 0 Å². The largest absolute Gasteiger partial charge is 0.384 e. The highest BCUT2D eigenvalue weighted by Crippen LogP contribution is 2.16. The fourth-order valence-corrected chi connectivity index (χ4v) is 1.70. The van der Waals surface area contributed by atoms with Crippen LogP contribution in [0.1, 0.15) is 16.1 Å². The number of carbonyl (C=O) groups is 1. The lowest BCUT2D eigenvalue weighted by Crippen LogP contribution is -2.27. The number of aromatic nitrogens is 1. The predicted octanol–water partition coefficient (Wildman–Crippen LogP) is 2.25. The fourth-order valence-electron chi connectivity index (χ4n) is 1.70. The third-order valence-electron chi connectivity index (χ3n) is 2.68. The number of benzene rings is 1. The number of nitrogen functional groups attached to an aromatic ring is 1. The summed E-state index contributed by atoms with van der Waals surface area (Å²) >= 11 is 0. The average molecular weight is 241 g/mol. The molecule has 18 heavy (non-hydrogen) atoms. The van der Waals surface area contributed by atoms with Crippen LogP contribution in [-0.2, 0) is 0 Å². The van der Waals surface area contributed by atoms with E-state index >= 15 is 0 Å². The molecule has 2 rings (SSSR count). The minimum Gasteiger partial charge on any atom is -0.384 e. The van der Waals surface area contributed by atoms with Crippen molar-refractivity contribution in [2.75, 3.05) is 17.7 Å². The Kier molecular flexibility index (Phi) is 3.28. The van der Waals surface area contributed by atoms with Crippen LogP contribution in [0, 0.1) is 6.92 Å². The molecule has 0 aliphatic carbocycles. The van der Waals surface area contributed by atoms with E-state index in [4.69, 9.17) is 5.73 Å². The van der Waals surface area contributed by atoms with E-state index in [1.807, 2.05) is 31.2 Å². The second-order valence-electron chi connectivity index (χ2n) is 4.15. The molecule has 1 aromatic carbocycles. The molecule has 2 N–H and O–H groups in total. The molecule has 4 heteroatoms. The molecule has 1 aromatic heterocycles. The van der Waals surface area contributed by atoms with Crippen LogP contribution in [0.5, 0.6) is 0 Å². The molecule has 0 saturated carbocycles. The summed E-state index contributed by atoms with van der Waals surface area (Å²) in [4.78, 5) is 17.8. The molecule has 0 atom stereocenters. The Labute approximate surface area is 106 Å². The van der Waals surface area contributed by atoms with Gasteiger partial charge in [0.15, 0.2) is 0 Å². The maximum atomic E-state index is 12.2. The first-order valence-electron chi connectivity index (χ1n) is 5.65. The topological polar surface area (TPSA) is 59.2 Å². The van der Waals surface area contributed by atoms with Gasteiger partial charge in [-0.05, 0) is 36.8 Å². The number of amides is 1. The molecule has 0 radical (unpaired) electrons. The number of aryl methyl sites for hydroxylation is 1. The van der Waals surface area contributed by atoms with Gasteiger partial charge in [-0.3, -0.25) is 4.79 Å². The van der Waals surface area contributed by atoms with Crippen LogP contribution in [0.3, 0.4) is 0 Å². The van der Waals surface area contributed by atoms with Crippen molar-refractivity contribution >= 4 is 17.4 Å².